The summed E-state index contributed by atoms with van der Waals surface area (Å²) in [6, 6.07) is 93.2. The summed E-state index contributed by atoms with van der Waals surface area (Å²) in [7, 11) is 0. The molecule has 0 atom stereocenters. The first-order chi connectivity index (χ1) is 32.5. The van der Waals surface area contributed by atoms with Crippen LogP contribution in [0.25, 0.3) is 33.4 Å². The standard InChI is InChI=1S/C65H47N/c1-63(2)57-32-18-15-29-51(57)54-38-35-49(42-61(54)63)66(48-37-40-60-56(41-48)53-31-17-20-34-59(53)64(60,44-21-7-3-8-22-44)45-23-9-4-10-24-45)50-36-39-55-52-30-16-19-33-58(52)65(62(55)43-50,46-25-11-5-12-26-46)47-27-13-6-14-28-47/h3-43H,1-2H3. The third-order valence-electron chi connectivity index (χ3n) is 15.2. The van der Waals surface area contributed by atoms with Gasteiger partial charge in [-0.05, 0) is 125 Å². The second kappa shape index (κ2) is 14.5. The van der Waals surface area contributed by atoms with Gasteiger partial charge in [0.05, 0.1) is 10.8 Å². The predicted octanol–water partition coefficient (Wildman–Crippen LogP) is 16.2. The van der Waals surface area contributed by atoms with E-state index in [9.17, 15) is 0 Å². The van der Waals surface area contributed by atoms with E-state index in [2.05, 4.69) is 267 Å². The predicted molar refractivity (Wildman–Crippen MR) is 273 cm³/mol. The zero-order valence-corrected chi connectivity index (χ0v) is 37.1. The highest BCUT2D eigenvalue weighted by Crippen LogP contribution is 2.60. The molecule has 0 saturated heterocycles. The largest absolute Gasteiger partial charge is 0.310 e. The minimum Gasteiger partial charge on any atom is -0.310 e. The SMILES string of the molecule is CC1(C)c2ccccc2-c2ccc(N(c3ccc4c(c3)-c3ccccc3C4(c3ccccc3)c3ccccc3)c3ccc4c(c3)C(c3ccccc3)(c3ccccc3)c3ccccc3-4)cc21. The Labute approximate surface area is 388 Å². The maximum Gasteiger partial charge on any atom is 0.0714 e. The highest BCUT2D eigenvalue weighted by molar-refractivity contribution is 5.93. The van der Waals surface area contributed by atoms with Gasteiger partial charge >= 0.3 is 0 Å². The Bertz CT molecular complexity index is 3420. The molecular weight excluding hydrogens is 795 g/mol. The second-order valence-corrected chi connectivity index (χ2v) is 18.8. The summed E-state index contributed by atoms with van der Waals surface area (Å²) < 4.78 is 0. The van der Waals surface area contributed by atoms with E-state index in [4.69, 9.17) is 0 Å². The van der Waals surface area contributed by atoms with Crippen LogP contribution in [0.5, 0.6) is 0 Å². The number of hydrogen-bond acceptors (Lipinski definition) is 1. The lowest BCUT2D eigenvalue weighted by molar-refractivity contribution is 0.660. The first-order valence-corrected chi connectivity index (χ1v) is 23.3. The topological polar surface area (TPSA) is 3.24 Å². The van der Waals surface area contributed by atoms with Gasteiger partial charge in [-0.3, -0.25) is 0 Å². The molecule has 1 heteroatoms. The van der Waals surface area contributed by atoms with E-state index < -0.39 is 10.8 Å². The van der Waals surface area contributed by atoms with Crippen LogP contribution in [0.3, 0.4) is 0 Å². The van der Waals surface area contributed by atoms with Crippen LogP contribution in [0.2, 0.25) is 0 Å². The summed E-state index contributed by atoms with van der Waals surface area (Å²) in [5.41, 5.74) is 22.9. The summed E-state index contributed by atoms with van der Waals surface area (Å²) in [6.45, 7) is 4.76. The second-order valence-electron chi connectivity index (χ2n) is 18.8. The van der Waals surface area contributed by atoms with Gasteiger partial charge in [-0.15, -0.1) is 0 Å². The van der Waals surface area contributed by atoms with E-state index in [0.717, 1.165) is 17.1 Å². The molecule has 0 radical (unpaired) electrons. The molecule has 0 heterocycles. The summed E-state index contributed by atoms with van der Waals surface area (Å²) in [6.07, 6.45) is 0. The molecule has 3 aliphatic rings. The van der Waals surface area contributed by atoms with Gasteiger partial charge in [0.1, 0.15) is 0 Å². The molecule has 1 nitrogen and oxygen atoms in total. The van der Waals surface area contributed by atoms with Gasteiger partial charge in [-0.25, -0.2) is 0 Å². The van der Waals surface area contributed by atoms with Gasteiger partial charge < -0.3 is 4.90 Å². The van der Waals surface area contributed by atoms with Gasteiger partial charge in [0.15, 0.2) is 0 Å². The van der Waals surface area contributed by atoms with Gasteiger partial charge in [0.2, 0.25) is 0 Å². The molecule has 0 saturated carbocycles. The summed E-state index contributed by atoms with van der Waals surface area (Å²) >= 11 is 0. The van der Waals surface area contributed by atoms with Crippen LogP contribution in [-0.4, -0.2) is 0 Å². The first-order valence-electron chi connectivity index (χ1n) is 23.3. The van der Waals surface area contributed by atoms with Crippen molar-refractivity contribution in [1.29, 1.82) is 0 Å². The molecule has 0 spiro atoms. The molecule has 312 valence electrons. The van der Waals surface area contributed by atoms with E-state index in [1.54, 1.807) is 0 Å². The Morgan fingerprint density at radius 1 is 0.242 bits per heavy atom. The molecule has 0 fully saturated rings. The lowest BCUT2D eigenvalue weighted by atomic mass is 9.67. The van der Waals surface area contributed by atoms with Gasteiger partial charge in [-0.1, -0.05) is 226 Å². The van der Waals surface area contributed by atoms with E-state index in [1.807, 2.05) is 0 Å². The van der Waals surface area contributed by atoms with Crippen LogP contribution in [-0.2, 0) is 16.2 Å². The van der Waals surface area contributed by atoms with Crippen molar-refractivity contribution in [3.63, 3.8) is 0 Å². The van der Waals surface area contributed by atoms with Crippen LogP contribution in [0.4, 0.5) is 17.1 Å². The van der Waals surface area contributed by atoms with Crippen molar-refractivity contribution in [3.8, 4) is 33.4 Å². The quantitative estimate of drug-likeness (QED) is 0.155. The van der Waals surface area contributed by atoms with Crippen LogP contribution in [0, 0.1) is 0 Å². The lowest BCUT2D eigenvalue weighted by Crippen LogP contribution is -2.29. The Balaban J connectivity index is 1.09. The number of anilines is 3. The Morgan fingerprint density at radius 2 is 0.561 bits per heavy atom. The van der Waals surface area contributed by atoms with Crippen molar-refractivity contribution in [2.45, 2.75) is 30.1 Å². The van der Waals surface area contributed by atoms with E-state index in [0.29, 0.717) is 0 Å². The van der Waals surface area contributed by atoms with Gasteiger partial charge in [0, 0.05) is 22.5 Å². The van der Waals surface area contributed by atoms with Crippen molar-refractivity contribution < 1.29 is 0 Å². The van der Waals surface area contributed by atoms with Crippen LogP contribution >= 0.6 is 0 Å². The van der Waals surface area contributed by atoms with E-state index in [1.165, 1.54) is 89.0 Å². The summed E-state index contributed by atoms with van der Waals surface area (Å²) in [4.78, 5) is 2.53. The molecular formula is C65H47N. The Hall–Kier alpha value is -8.00. The molecule has 0 unspecified atom stereocenters. The van der Waals surface area contributed by atoms with E-state index in [-0.39, 0.29) is 5.41 Å². The minimum atomic E-state index is -0.528. The van der Waals surface area contributed by atoms with Crippen molar-refractivity contribution in [1.82, 2.24) is 0 Å². The highest BCUT2D eigenvalue weighted by Gasteiger charge is 2.48. The fraction of sp³-hybridized carbons (Fsp3) is 0.0769. The smallest absolute Gasteiger partial charge is 0.0714 e. The monoisotopic (exact) mass is 841 g/mol. The summed E-state index contributed by atoms with van der Waals surface area (Å²) in [5, 5.41) is 0. The number of benzene rings is 10. The number of rotatable bonds is 7. The molecule has 0 aromatic heterocycles. The van der Waals surface area contributed by atoms with Crippen LogP contribution in [0.15, 0.2) is 249 Å². The molecule has 0 aliphatic heterocycles. The number of nitrogens with zero attached hydrogens (tertiary/aromatic N) is 1. The fourth-order valence-electron chi connectivity index (χ4n) is 12.4. The molecule has 13 rings (SSSR count). The molecule has 66 heavy (non-hydrogen) atoms. The number of fused-ring (bicyclic) bond motifs is 9. The minimum absolute atomic E-state index is 0.162. The maximum absolute atomic E-state index is 2.53. The fourth-order valence-corrected chi connectivity index (χ4v) is 12.4. The average molecular weight is 842 g/mol. The Morgan fingerprint density at radius 3 is 1.06 bits per heavy atom. The maximum atomic E-state index is 2.53. The zero-order chi connectivity index (χ0) is 44.0. The first kappa shape index (κ1) is 38.5. The Kier molecular flexibility index (Phi) is 8.45. The normalized spacial score (nSPS) is 14.9. The zero-order valence-electron chi connectivity index (χ0n) is 37.1. The average Bonchev–Trinajstić information content (AvgIpc) is 3.94. The van der Waals surface area contributed by atoms with Gasteiger partial charge in [0.25, 0.3) is 0 Å². The molecule has 3 aliphatic carbocycles. The molecule has 0 N–H and O–H groups in total. The molecule has 0 bridgehead atoms. The van der Waals surface area contributed by atoms with Crippen molar-refractivity contribution >= 4 is 17.1 Å². The number of hydrogen-bond donors (Lipinski definition) is 0. The van der Waals surface area contributed by atoms with Crippen molar-refractivity contribution in [2.24, 2.45) is 0 Å². The lowest BCUT2D eigenvalue weighted by Gasteiger charge is -2.35. The summed E-state index contributed by atoms with van der Waals surface area (Å²) in [5.74, 6) is 0. The third-order valence-corrected chi connectivity index (χ3v) is 15.2. The van der Waals surface area contributed by atoms with Crippen molar-refractivity contribution in [3.05, 3.63) is 304 Å². The van der Waals surface area contributed by atoms with Crippen molar-refractivity contribution in [2.75, 3.05) is 4.90 Å². The van der Waals surface area contributed by atoms with E-state index >= 15 is 0 Å². The van der Waals surface area contributed by atoms with Crippen LogP contribution < -0.4 is 4.90 Å². The molecule has 10 aromatic carbocycles. The highest BCUT2D eigenvalue weighted by atomic mass is 15.1. The van der Waals surface area contributed by atoms with Crippen LogP contribution in [0.1, 0.15) is 69.5 Å². The molecule has 0 amide bonds. The van der Waals surface area contributed by atoms with Gasteiger partial charge in [-0.2, -0.15) is 0 Å². The molecule has 10 aromatic rings. The third kappa shape index (κ3) is 5.23.